The number of nitrogen functional groups attached to an aromatic ring is 1. The highest BCUT2D eigenvalue weighted by molar-refractivity contribution is 5.96. The van der Waals surface area contributed by atoms with Crippen molar-refractivity contribution in [3.05, 3.63) is 156 Å². The summed E-state index contributed by atoms with van der Waals surface area (Å²) in [5.74, 6) is 1.19. The Balaban J connectivity index is 0.000000137. The second kappa shape index (κ2) is 28.9. The molecule has 0 saturated heterocycles. The standard InChI is InChI=1S/C17H22N4O2.C16H20N4O3.C14H14FN3O2.C13H14FN5O/c1-3-17(22)21(4-2)14-5-6-16-15(9-14)20(7-8-23-16)11-13-10-18-12-19-13;1-3-20(16(21)22-2)13-4-5-15-14(8-13)19(6-7-23-15)10-12-9-17-11-18-12;15-12-5-10(1-3-19)6-13-14(12)20-4-2-18(13)8-11-7-16-9-17-11;14-10-3-8(13(15)16)4-11-12(10)20-2-1-19(11)6-9-5-17-7-18-9/h5-6,9-10,12H,3-4,7-8,11H2,1-2H3,(H,18,19);4-5,8-9,11H,3,6-7,10H2,1-2H3,(H,17,18);3,5-7,9H,1-2,4,8H2,(H,16,17);3-5,7H,1-2,6H2,(H3,15,16)(H,17,18). The molecule has 0 aliphatic carbocycles. The first-order valence-electron chi connectivity index (χ1n) is 28.2. The van der Waals surface area contributed by atoms with Gasteiger partial charge in [0.2, 0.25) is 5.91 Å². The molecule has 8 heterocycles. The molecule has 0 radical (unpaired) electrons. The molecule has 0 saturated carbocycles. The van der Waals surface area contributed by atoms with Crippen LogP contribution < -0.4 is 54.1 Å². The number of rotatable bonds is 16. The lowest BCUT2D eigenvalue weighted by Crippen LogP contribution is -2.34. The Labute approximate surface area is 495 Å². The quantitative estimate of drug-likeness (QED) is 0.0305. The van der Waals surface area contributed by atoms with E-state index in [1.165, 1.54) is 19.2 Å². The number of ether oxygens (including phenoxy) is 5. The van der Waals surface area contributed by atoms with E-state index in [0.717, 1.165) is 82.9 Å². The number of carbonyl (C=O) groups excluding carboxylic acids is 3. The first-order valence-corrected chi connectivity index (χ1v) is 28.2. The maximum Gasteiger partial charge on any atom is 0.413 e. The van der Waals surface area contributed by atoms with Crippen LogP contribution in [0.5, 0.6) is 23.0 Å². The van der Waals surface area contributed by atoms with Crippen molar-refractivity contribution in [2.75, 3.05) is 102 Å². The average Bonchev–Trinajstić information content (AvgIpc) is 2.07. The van der Waals surface area contributed by atoms with Gasteiger partial charge in [-0.05, 0) is 80.1 Å². The number of nitrogens with two attached hydrogens (primary N) is 1. The number of anilines is 6. The molecule has 0 spiro atoms. The van der Waals surface area contributed by atoms with E-state index in [2.05, 4.69) is 49.7 Å². The van der Waals surface area contributed by atoms with Gasteiger partial charge >= 0.3 is 6.09 Å². The SMILES string of the molecule is CCC(=O)N(CC)c1ccc2c(c1)N(Cc1cnc[nH]1)CCO2.CCN(C(=O)OC)c1ccc2c(c1)N(Cc1cnc[nH]1)CCO2.N=C(N)c1cc(F)c2c(c1)N(Cc1cnc[nH]1)CCO2.O=CCc1cc(F)c2c(c1)N(Cc1cnc[nH]1)CCO2. The third-order valence-electron chi connectivity index (χ3n) is 14.4. The Hall–Kier alpha value is -10.1. The topological polar surface area (TPSA) is 281 Å². The lowest BCUT2D eigenvalue weighted by atomic mass is 10.1. The average molecular weight is 1180 g/mol. The predicted molar refractivity (Wildman–Crippen MR) is 321 cm³/mol. The summed E-state index contributed by atoms with van der Waals surface area (Å²) in [5.41, 5.74) is 15.4. The minimum atomic E-state index is -0.498. The fraction of sp³-hybridized carbons (Fsp3) is 0.333. The number of hydrogen-bond donors (Lipinski definition) is 6. The van der Waals surface area contributed by atoms with Crippen LogP contribution >= 0.6 is 0 Å². The molecule has 12 rings (SSSR count). The minimum absolute atomic E-state index is 0.129. The van der Waals surface area contributed by atoms with E-state index in [4.69, 9.17) is 34.8 Å². The van der Waals surface area contributed by atoms with E-state index in [1.54, 1.807) is 48.7 Å². The van der Waals surface area contributed by atoms with Gasteiger partial charge in [-0.15, -0.1) is 0 Å². The van der Waals surface area contributed by atoms with Crippen molar-refractivity contribution < 1.29 is 46.8 Å². The number of H-pyrrole nitrogens is 4. The maximum absolute atomic E-state index is 14.0. The van der Waals surface area contributed by atoms with E-state index in [9.17, 15) is 23.2 Å². The smallest absolute Gasteiger partial charge is 0.413 e. The molecule has 0 atom stereocenters. The fourth-order valence-electron chi connectivity index (χ4n) is 10.1. The van der Waals surface area contributed by atoms with Crippen LogP contribution in [0.25, 0.3) is 0 Å². The number of aromatic amines is 4. The molecule has 8 aromatic rings. The van der Waals surface area contributed by atoms with Gasteiger partial charge in [0.15, 0.2) is 23.1 Å². The molecule has 24 nitrogen and oxygen atoms in total. The Bertz CT molecular complexity index is 3400. The summed E-state index contributed by atoms with van der Waals surface area (Å²) >= 11 is 0. The first kappa shape index (κ1) is 60.5. The van der Waals surface area contributed by atoms with Crippen LogP contribution in [0, 0.1) is 17.0 Å². The van der Waals surface area contributed by atoms with Crippen LogP contribution in [-0.2, 0) is 46.9 Å². The first-order chi connectivity index (χ1) is 41.9. The van der Waals surface area contributed by atoms with Gasteiger partial charge in [0.1, 0.15) is 50.0 Å². The summed E-state index contributed by atoms with van der Waals surface area (Å²) in [6.45, 7) is 14.6. The maximum atomic E-state index is 14.0. The predicted octanol–water partition coefficient (Wildman–Crippen LogP) is 7.89. The summed E-state index contributed by atoms with van der Waals surface area (Å²) in [7, 11) is 1.39. The van der Waals surface area contributed by atoms with Crippen molar-refractivity contribution >= 4 is 58.2 Å². The number of aldehydes is 1. The summed E-state index contributed by atoms with van der Waals surface area (Å²) in [5, 5.41) is 7.45. The number of benzene rings is 4. The zero-order valence-electron chi connectivity index (χ0n) is 48.4. The van der Waals surface area contributed by atoms with Crippen molar-refractivity contribution in [1.82, 2.24) is 39.9 Å². The number of fused-ring (bicyclic) bond motifs is 4. The van der Waals surface area contributed by atoms with Crippen molar-refractivity contribution in [3.8, 4) is 23.0 Å². The molecule has 4 aliphatic heterocycles. The molecule has 2 amide bonds. The van der Waals surface area contributed by atoms with Crippen molar-refractivity contribution in [1.29, 1.82) is 5.41 Å². The molecule has 7 N–H and O–H groups in total. The molecule has 0 bridgehead atoms. The van der Waals surface area contributed by atoms with E-state index < -0.39 is 11.6 Å². The van der Waals surface area contributed by atoms with E-state index in [-0.39, 0.29) is 35.8 Å². The molecule has 452 valence electrons. The van der Waals surface area contributed by atoms with E-state index >= 15 is 0 Å². The van der Waals surface area contributed by atoms with E-state index in [0.29, 0.717) is 101 Å². The van der Waals surface area contributed by atoms with Gasteiger partial charge in [-0.25, -0.2) is 33.5 Å². The van der Waals surface area contributed by atoms with Crippen LogP contribution in [0.3, 0.4) is 0 Å². The van der Waals surface area contributed by atoms with Crippen molar-refractivity contribution in [2.45, 2.75) is 59.8 Å². The minimum Gasteiger partial charge on any atom is -0.490 e. The molecule has 4 aromatic carbocycles. The Kier molecular flexibility index (Phi) is 20.3. The second-order valence-corrected chi connectivity index (χ2v) is 19.9. The molecule has 86 heavy (non-hydrogen) atoms. The summed E-state index contributed by atoms with van der Waals surface area (Å²) < 4.78 is 55.2. The van der Waals surface area contributed by atoms with Crippen LogP contribution in [0.15, 0.2) is 111 Å². The Morgan fingerprint density at radius 2 is 1.02 bits per heavy atom. The lowest BCUT2D eigenvalue weighted by Gasteiger charge is -2.32. The number of amidine groups is 1. The van der Waals surface area contributed by atoms with Crippen LogP contribution in [0.2, 0.25) is 0 Å². The Morgan fingerprint density at radius 1 is 0.605 bits per heavy atom. The number of halogens is 2. The lowest BCUT2D eigenvalue weighted by molar-refractivity contribution is -0.118. The van der Waals surface area contributed by atoms with Gasteiger partial charge in [0.05, 0.1) is 130 Å². The largest absolute Gasteiger partial charge is 0.490 e. The van der Waals surface area contributed by atoms with Crippen LogP contribution in [0.1, 0.15) is 61.1 Å². The third kappa shape index (κ3) is 14.8. The highest BCUT2D eigenvalue weighted by Gasteiger charge is 2.27. The highest BCUT2D eigenvalue weighted by Crippen LogP contribution is 2.40. The molecule has 4 aliphatic rings. The summed E-state index contributed by atoms with van der Waals surface area (Å²) in [6.07, 6.45) is 14.8. The molecular formula is C60H70F2N16O8. The number of methoxy groups -OCH3 is 1. The zero-order valence-corrected chi connectivity index (χ0v) is 48.4. The van der Waals surface area contributed by atoms with Gasteiger partial charge in [-0.3, -0.25) is 15.1 Å². The zero-order chi connectivity index (χ0) is 60.5. The second-order valence-electron chi connectivity index (χ2n) is 19.9. The number of hydrogen-bond acceptors (Lipinski definition) is 17. The van der Waals surface area contributed by atoms with Gasteiger partial charge in [-0.2, -0.15) is 0 Å². The molecular weight excluding hydrogens is 1110 g/mol. The van der Waals surface area contributed by atoms with Crippen LogP contribution in [0.4, 0.5) is 47.7 Å². The van der Waals surface area contributed by atoms with Gasteiger partial charge in [-0.1, -0.05) is 6.92 Å². The van der Waals surface area contributed by atoms with E-state index in [1.807, 2.05) is 90.3 Å². The number of amides is 2. The monoisotopic (exact) mass is 1180 g/mol. The number of nitrogens with zero attached hydrogens (tertiary/aromatic N) is 10. The number of nitrogens with one attached hydrogen (secondary N) is 5. The number of carbonyl (C=O) groups is 3. The fourth-order valence-corrected chi connectivity index (χ4v) is 10.1. The summed E-state index contributed by atoms with van der Waals surface area (Å²) in [4.78, 5) is 74.8. The molecule has 26 heteroatoms. The van der Waals surface area contributed by atoms with Crippen molar-refractivity contribution in [2.24, 2.45) is 5.73 Å². The molecule has 0 fully saturated rings. The van der Waals surface area contributed by atoms with Gasteiger partial charge < -0.3 is 78.6 Å². The van der Waals surface area contributed by atoms with Gasteiger partial charge in [0.25, 0.3) is 0 Å². The van der Waals surface area contributed by atoms with Gasteiger partial charge in [0, 0.05) is 67.7 Å². The Morgan fingerprint density at radius 3 is 1.42 bits per heavy atom. The van der Waals surface area contributed by atoms with Crippen molar-refractivity contribution in [3.63, 3.8) is 0 Å². The number of imidazole rings is 4. The highest BCUT2D eigenvalue weighted by atomic mass is 19.1. The third-order valence-corrected chi connectivity index (χ3v) is 14.4. The summed E-state index contributed by atoms with van der Waals surface area (Å²) in [6, 6.07) is 17.7. The normalized spacial score (nSPS) is 13.5. The molecule has 4 aromatic heterocycles. The number of aromatic nitrogens is 8. The van der Waals surface area contributed by atoms with Crippen LogP contribution in [-0.4, -0.2) is 137 Å². The molecule has 0 unspecified atom stereocenters.